The zero-order valence-corrected chi connectivity index (χ0v) is 16.8. The van der Waals surface area contributed by atoms with Crippen molar-refractivity contribution in [3.63, 3.8) is 0 Å². The van der Waals surface area contributed by atoms with E-state index in [-0.39, 0.29) is 25.5 Å². The summed E-state index contributed by atoms with van der Waals surface area (Å²) in [6.07, 6.45) is 4.19. The molecule has 0 saturated heterocycles. The zero-order chi connectivity index (χ0) is 22.4. The lowest BCUT2D eigenvalue weighted by atomic mass is 10.0. The van der Waals surface area contributed by atoms with E-state index in [1.165, 1.54) is 12.2 Å². The van der Waals surface area contributed by atoms with Crippen molar-refractivity contribution in [3.8, 4) is 0 Å². The van der Waals surface area contributed by atoms with Gasteiger partial charge in [-0.3, -0.25) is 4.79 Å². The highest BCUT2D eigenvalue weighted by atomic mass is 16.5. The van der Waals surface area contributed by atoms with Crippen LogP contribution >= 0.6 is 0 Å². The highest BCUT2D eigenvalue weighted by Gasteiger charge is 2.28. The number of amides is 4. The fourth-order valence-corrected chi connectivity index (χ4v) is 2.22. The molecule has 0 aromatic rings. The smallest absolute Gasteiger partial charge is 0.408 e. The summed E-state index contributed by atoms with van der Waals surface area (Å²) in [5, 5.41) is 16.5. The number of carbonyl (C=O) groups excluding carboxylic acids is 3. The lowest BCUT2D eigenvalue weighted by Crippen LogP contribution is -2.53. The lowest BCUT2D eigenvalue weighted by Gasteiger charge is -2.24. The summed E-state index contributed by atoms with van der Waals surface area (Å²) in [6.45, 7) is 10.6. The van der Waals surface area contributed by atoms with E-state index in [1.807, 2.05) is 0 Å². The molecule has 0 aromatic heterocycles. The van der Waals surface area contributed by atoms with Crippen molar-refractivity contribution in [2.75, 3.05) is 13.2 Å². The number of alkyl carbamates (subject to hydrolysis) is 1. The average Bonchev–Trinajstić information content (AvgIpc) is 2.64. The first-order chi connectivity index (χ1) is 13.6. The first-order valence-corrected chi connectivity index (χ1v) is 9.06. The van der Waals surface area contributed by atoms with E-state index in [0.717, 1.165) is 0 Å². The molecule has 29 heavy (non-hydrogen) atoms. The summed E-state index contributed by atoms with van der Waals surface area (Å²) in [6, 6.07) is -2.89. The Morgan fingerprint density at radius 2 is 1.83 bits per heavy atom. The van der Waals surface area contributed by atoms with E-state index < -0.39 is 36.1 Å². The Hall–Kier alpha value is -3.30. The average molecular weight is 410 g/mol. The van der Waals surface area contributed by atoms with E-state index in [9.17, 15) is 24.3 Å². The second-order valence-electron chi connectivity index (χ2n) is 6.46. The summed E-state index contributed by atoms with van der Waals surface area (Å²) >= 11 is 0. The highest BCUT2D eigenvalue weighted by Crippen LogP contribution is 2.06. The van der Waals surface area contributed by atoms with Crippen LogP contribution in [0, 0.1) is 5.92 Å². The Morgan fingerprint density at radius 1 is 1.17 bits per heavy atom. The molecule has 2 unspecified atom stereocenters. The molecule has 0 aliphatic carbocycles. The number of carboxylic acids is 1. The molecule has 0 heterocycles. The molecule has 10 nitrogen and oxygen atoms in total. The van der Waals surface area contributed by atoms with Gasteiger partial charge >= 0.3 is 18.1 Å². The van der Waals surface area contributed by atoms with Gasteiger partial charge in [0, 0.05) is 6.54 Å². The van der Waals surface area contributed by atoms with Crippen LogP contribution in [0.2, 0.25) is 0 Å². The molecular weight excluding hydrogens is 380 g/mol. The molecule has 6 N–H and O–H groups in total. The van der Waals surface area contributed by atoms with Crippen LogP contribution in [0.5, 0.6) is 0 Å². The van der Waals surface area contributed by atoms with Crippen LogP contribution in [0.15, 0.2) is 37.0 Å². The number of carboxylic acid groups (broad SMARTS) is 1. The first-order valence-electron chi connectivity index (χ1n) is 9.06. The van der Waals surface area contributed by atoms with Crippen molar-refractivity contribution < 1.29 is 29.0 Å². The van der Waals surface area contributed by atoms with Gasteiger partial charge in [-0.25, -0.2) is 14.4 Å². The van der Waals surface area contributed by atoms with Gasteiger partial charge in [-0.2, -0.15) is 0 Å². The third-order valence-corrected chi connectivity index (χ3v) is 3.77. The van der Waals surface area contributed by atoms with Gasteiger partial charge in [-0.15, -0.1) is 0 Å². The number of aliphatic carboxylic acids is 1. The number of urea groups is 1. The minimum Gasteiger partial charge on any atom is -0.480 e. The lowest BCUT2D eigenvalue weighted by molar-refractivity contribution is -0.142. The van der Waals surface area contributed by atoms with Crippen LogP contribution in [0.25, 0.3) is 0 Å². The minimum atomic E-state index is -1.23. The van der Waals surface area contributed by atoms with Gasteiger partial charge in [-0.05, 0) is 24.3 Å². The predicted molar refractivity (Wildman–Crippen MR) is 108 cm³/mol. The van der Waals surface area contributed by atoms with E-state index in [2.05, 4.69) is 29.1 Å². The fourth-order valence-electron chi connectivity index (χ4n) is 2.22. The molecule has 0 spiro atoms. The van der Waals surface area contributed by atoms with Crippen LogP contribution in [0.3, 0.4) is 0 Å². The number of hydrogen-bond donors (Lipinski definition) is 5. The maximum Gasteiger partial charge on any atom is 0.408 e. The Balaban J connectivity index is 4.83. The topological polar surface area (TPSA) is 160 Å². The monoisotopic (exact) mass is 410 g/mol. The first kappa shape index (κ1) is 25.7. The Morgan fingerprint density at radius 3 is 2.31 bits per heavy atom. The number of nitrogens with two attached hydrogens (primary N) is 1. The maximum atomic E-state index is 12.5. The van der Waals surface area contributed by atoms with Gasteiger partial charge in [0.15, 0.2) is 0 Å². The highest BCUT2D eigenvalue weighted by molar-refractivity contribution is 5.89. The van der Waals surface area contributed by atoms with Crippen LogP contribution in [-0.2, 0) is 14.3 Å². The molecule has 2 atom stereocenters. The van der Waals surface area contributed by atoms with Crippen LogP contribution in [-0.4, -0.2) is 54.3 Å². The molecule has 0 saturated carbocycles. The summed E-state index contributed by atoms with van der Waals surface area (Å²) in [4.78, 5) is 46.5. The Bertz CT molecular complexity index is 645. The van der Waals surface area contributed by atoms with Crippen molar-refractivity contribution >= 4 is 24.0 Å². The van der Waals surface area contributed by atoms with Gasteiger partial charge < -0.3 is 31.5 Å². The van der Waals surface area contributed by atoms with E-state index in [1.54, 1.807) is 19.9 Å². The van der Waals surface area contributed by atoms with E-state index >= 15 is 0 Å². The number of carbonyl (C=O) groups is 4. The third-order valence-electron chi connectivity index (χ3n) is 3.77. The number of allylic oxidation sites excluding steroid dienone is 2. The Labute approximate surface area is 170 Å². The van der Waals surface area contributed by atoms with Gasteiger partial charge in [0.1, 0.15) is 18.7 Å². The van der Waals surface area contributed by atoms with Crippen molar-refractivity contribution in [1.29, 1.82) is 0 Å². The molecule has 0 aromatic carbocycles. The van der Waals surface area contributed by atoms with Gasteiger partial charge in [-0.1, -0.05) is 45.2 Å². The van der Waals surface area contributed by atoms with Gasteiger partial charge in [0.2, 0.25) is 5.91 Å². The van der Waals surface area contributed by atoms with E-state index in [4.69, 9.17) is 10.5 Å². The number of nitrogens with one attached hydrogen (secondary N) is 3. The van der Waals surface area contributed by atoms with Crippen molar-refractivity contribution in [2.24, 2.45) is 11.7 Å². The van der Waals surface area contributed by atoms with Crippen molar-refractivity contribution in [3.05, 3.63) is 37.0 Å². The third kappa shape index (κ3) is 11.2. The molecule has 10 heteroatoms. The molecule has 162 valence electrons. The minimum absolute atomic E-state index is 0.0571. The largest absolute Gasteiger partial charge is 0.480 e. The van der Waals surface area contributed by atoms with Crippen LogP contribution in [0.4, 0.5) is 9.59 Å². The Kier molecular flexibility index (Phi) is 12.2. The normalized spacial score (nSPS) is 13.0. The summed E-state index contributed by atoms with van der Waals surface area (Å²) in [5.74, 6) is -2.21. The van der Waals surface area contributed by atoms with Crippen LogP contribution < -0.4 is 21.7 Å². The van der Waals surface area contributed by atoms with Gasteiger partial charge in [0.05, 0.1) is 0 Å². The van der Waals surface area contributed by atoms with Gasteiger partial charge in [0.25, 0.3) is 0 Å². The predicted octanol–water partition coefficient (Wildman–Crippen LogP) is 1.05. The molecule has 0 aliphatic heterocycles. The second-order valence-corrected chi connectivity index (χ2v) is 6.46. The number of primary amides is 1. The quantitative estimate of drug-likeness (QED) is 0.225. The summed E-state index contributed by atoms with van der Waals surface area (Å²) in [7, 11) is 0. The fraction of sp³-hybridized carbons (Fsp3) is 0.474. The number of rotatable bonds is 13. The van der Waals surface area contributed by atoms with Crippen LogP contribution in [0.1, 0.15) is 26.7 Å². The SMILES string of the molecule is C=C/C=C(\C=C)COC(=O)NC(C(=O)NC(CCCNC(N)=O)C(=O)O)C(C)C. The number of ether oxygens (including phenoxy) is 1. The maximum absolute atomic E-state index is 12.5. The van der Waals surface area contributed by atoms with Crippen molar-refractivity contribution in [1.82, 2.24) is 16.0 Å². The number of hydrogen-bond acceptors (Lipinski definition) is 5. The molecular formula is C19H30N4O6. The molecule has 0 rings (SSSR count). The van der Waals surface area contributed by atoms with Crippen molar-refractivity contribution in [2.45, 2.75) is 38.8 Å². The standard InChI is InChI=1S/C19H30N4O6/c1-5-8-13(6-2)11-29-19(28)23-15(12(3)4)16(24)22-14(17(25)26)9-7-10-21-18(20)27/h5-6,8,12,14-15H,1-2,7,9-11H2,3-4H3,(H,22,24)(H,23,28)(H,25,26)(H3,20,21,27)/b13-8+. The summed E-state index contributed by atoms with van der Waals surface area (Å²) < 4.78 is 5.05. The van der Waals surface area contributed by atoms with E-state index in [0.29, 0.717) is 12.0 Å². The molecule has 0 fully saturated rings. The second kappa shape index (κ2) is 13.8. The molecule has 0 radical (unpaired) electrons. The summed E-state index contributed by atoms with van der Waals surface area (Å²) in [5.41, 5.74) is 5.56. The molecule has 0 aliphatic rings. The molecule has 4 amide bonds. The zero-order valence-electron chi connectivity index (χ0n) is 16.8. The molecule has 0 bridgehead atoms.